The van der Waals surface area contributed by atoms with Crippen molar-refractivity contribution in [1.82, 2.24) is 15.5 Å². The molecule has 0 bridgehead atoms. The van der Waals surface area contributed by atoms with Gasteiger partial charge in [-0.1, -0.05) is 0 Å². The molecule has 1 unspecified atom stereocenters. The number of carbonyl (C=O) groups excluding carboxylic acids is 1. The average molecular weight is 217 g/mol. The van der Waals surface area contributed by atoms with Gasteiger partial charge in [-0.15, -0.1) is 0 Å². The molecule has 0 fully saturated rings. The minimum absolute atomic E-state index is 0.200. The van der Waals surface area contributed by atoms with E-state index < -0.39 is 25.0 Å². The first-order valence-electron chi connectivity index (χ1n) is 4.12. The number of aliphatic hydroxyl groups excluding tert-OH is 1. The summed E-state index contributed by atoms with van der Waals surface area (Å²) in [5, 5.41) is 17.8. The van der Waals surface area contributed by atoms with E-state index in [9.17, 15) is 13.6 Å². The van der Waals surface area contributed by atoms with Crippen molar-refractivity contribution in [3.8, 4) is 0 Å². The van der Waals surface area contributed by atoms with E-state index in [4.69, 9.17) is 5.11 Å². The summed E-state index contributed by atoms with van der Waals surface area (Å²) in [4.78, 5) is 11.2. The highest BCUT2D eigenvalue weighted by Gasteiger charge is 2.17. The number of hydrogen-bond donors (Lipinski definition) is 2. The quantitative estimate of drug-likeness (QED) is 0.734. The molecule has 0 saturated heterocycles. The molecule has 1 amide bonds. The van der Waals surface area contributed by atoms with Crippen LogP contribution >= 0.6 is 0 Å². The Morgan fingerprint density at radius 1 is 1.53 bits per heavy atom. The van der Waals surface area contributed by atoms with E-state index in [2.05, 4.69) is 15.5 Å². The summed E-state index contributed by atoms with van der Waals surface area (Å²) >= 11 is 0. The highest BCUT2D eigenvalue weighted by Crippen LogP contribution is 1.99. The Kier molecular flexibility index (Phi) is 4.04. The number of nitrogens with zero attached hydrogens (tertiary/aromatic N) is 2. The van der Waals surface area contributed by atoms with E-state index in [1.54, 1.807) is 0 Å². The largest absolute Gasteiger partial charge is 0.385 e. The van der Waals surface area contributed by atoms with Gasteiger partial charge in [0.15, 0.2) is 0 Å². The van der Waals surface area contributed by atoms with E-state index in [1.807, 2.05) is 0 Å². The number of hydrogen-bond acceptors (Lipinski definition) is 4. The van der Waals surface area contributed by atoms with Gasteiger partial charge < -0.3 is 10.4 Å². The third-order valence-electron chi connectivity index (χ3n) is 1.61. The molecule has 0 aliphatic carbocycles. The van der Waals surface area contributed by atoms with Crippen LogP contribution in [-0.4, -0.2) is 40.3 Å². The maximum Gasteiger partial charge on any atom is 0.265 e. The number of carbonyl (C=O) groups is 1. The molecule has 1 atom stereocenters. The molecule has 1 rings (SSSR count). The third-order valence-corrected chi connectivity index (χ3v) is 1.61. The standard InChI is InChI=1S/C8H9F2N3O2/c9-7(10)6(14)4-11-8(15)5-1-2-12-13-3-5/h1-3,6-7,14H,4H2,(H,11,15). The second kappa shape index (κ2) is 5.30. The lowest BCUT2D eigenvalue weighted by atomic mass is 10.3. The van der Waals surface area contributed by atoms with Crippen molar-refractivity contribution in [3.63, 3.8) is 0 Å². The molecule has 0 aliphatic rings. The Morgan fingerprint density at radius 3 is 2.80 bits per heavy atom. The van der Waals surface area contributed by atoms with Crippen molar-refractivity contribution in [1.29, 1.82) is 0 Å². The number of aromatic nitrogens is 2. The Bertz CT molecular complexity index is 321. The molecule has 0 saturated carbocycles. The highest BCUT2D eigenvalue weighted by molar-refractivity contribution is 5.93. The van der Waals surface area contributed by atoms with E-state index >= 15 is 0 Å². The second-order valence-corrected chi connectivity index (χ2v) is 2.74. The fourth-order valence-corrected chi connectivity index (χ4v) is 0.813. The molecule has 1 heterocycles. The lowest BCUT2D eigenvalue weighted by molar-refractivity contribution is -0.00270. The van der Waals surface area contributed by atoms with Gasteiger partial charge in [0.2, 0.25) is 0 Å². The van der Waals surface area contributed by atoms with Crippen molar-refractivity contribution in [3.05, 3.63) is 24.0 Å². The van der Waals surface area contributed by atoms with E-state index in [0.29, 0.717) is 0 Å². The molecule has 0 spiro atoms. The van der Waals surface area contributed by atoms with Crippen LogP contribution < -0.4 is 5.32 Å². The zero-order chi connectivity index (χ0) is 11.3. The van der Waals surface area contributed by atoms with Crippen molar-refractivity contribution in [2.45, 2.75) is 12.5 Å². The number of rotatable bonds is 4. The zero-order valence-electron chi connectivity index (χ0n) is 7.60. The van der Waals surface area contributed by atoms with Crippen LogP contribution in [0.1, 0.15) is 10.4 Å². The summed E-state index contributed by atoms with van der Waals surface area (Å²) in [6.07, 6.45) is -2.23. The monoisotopic (exact) mass is 217 g/mol. The first-order chi connectivity index (χ1) is 7.11. The molecule has 0 aliphatic heterocycles. The maximum atomic E-state index is 11.9. The van der Waals surface area contributed by atoms with Crippen LogP contribution in [0.3, 0.4) is 0 Å². The predicted octanol–water partition coefficient (Wildman–Crippen LogP) is -0.168. The molecule has 0 aromatic carbocycles. The zero-order valence-corrected chi connectivity index (χ0v) is 7.60. The SMILES string of the molecule is O=C(NCC(O)C(F)F)c1ccnnc1. The number of nitrogens with one attached hydrogen (secondary N) is 1. The van der Waals surface area contributed by atoms with Gasteiger partial charge in [0, 0.05) is 6.54 Å². The molecule has 15 heavy (non-hydrogen) atoms. The smallest absolute Gasteiger partial charge is 0.265 e. The second-order valence-electron chi connectivity index (χ2n) is 2.74. The number of amides is 1. The van der Waals surface area contributed by atoms with Crippen molar-refractivity contribution in [2.24, 2.45) is 0 Å². The topological polar surface area (TPSA) is 75.1 Å². The first kappa shape index (κ1) is 11.4. The van der Waals surface area contributed by atoms with Crippen LogP contribution in [0.2, 0.25) is 0 Å². The summed E-state index contributed by atoms with van der Waals surface area (Å²) in [6.45, 7) is -0.501. The van der Waals surface area contributed by atoms with Crippen LogP contribution in [0.15, 0.2) is 18.5 Å². The lowest BCUT2D eigenvalue weighted by Crippen LogP contribution is -2.35. The molecule has 1 aromatic heterocycles. The lowest BCUT2D eigenvalue weighted by Gasteiger charge is -2.10. The van der Waals surface area contributed by atoms with Crippen LogP contribution in [0.5, 0.6) is 0 Å². The fraction of sp³-hybridized carbons (Fsp3) is 0.375. The molecule has 1 aromatic rings. The van der Waals surface area contributed by atoms with Crippen LogP contribution in [0.4, 0.5) is 8.78 Å². The van der Waals surface area contributed by atoms with Crippen LogP contribution in [-0.2, 0) is 0 Å². The van der Waals surface area contributed by atoms with Crippen LogP contribution in [0.25, 0.3) is 0 Å². The molecule has 2 N–H and O–H groups in total. The van der Waals surface area contributed by atoms with Gasteiger partial charge >= 0.3 is 0 Å². The Hall–Kier alpha value is -1.63. The highest BCUT2D eigenvalue weighted by atomic mass is 19.3. The minimum Gasteiger partial charge on any atom is -0.385 e. The molecule has 7 heteroatoms. The van der Waals surface area contributed by atoms with Gasteiger partial charge in [-0.2, -0.15) is 10.2 Å². The summed E-state index contributed by atoms with van der Waals surface area (Å²) in [5.41, 5.74) is 0.200. The number of halogens is 2. The molecular formula is C8H9F2N3O2. The van der Waals surface area contributed by atoms with E-state index in [-0.39, 0.29) is 5.56 Å². The average Bonchev–Trinajstić information content (AvgIpc) is 2.26. The molecule has 5 nitrogen and oxygen atoms in total. The summed E-state index contributed by atoms with van der Waals surface area (Å²) < 4.78 is 23.7. The van der Waals surface area contributed by atoms with Gasteiger partial charge in [0.1, 0.15) is 6.10 Å². The summed E-state index contributed by atoms with van der Waals surface area (Å²) in [6, 6.07) is 1.39. The Balaban J connectivity index is 2.44. The Morgan fingerprint density at radius 2 is 2.27 bits per heavy atom. The summed E-state index contributed by atoms with van der Waals surface area (Å²) in [7, 11) is 0. The first-order valence-corrected chi connectivity index (χ1v) is 4.12. The fourth-order valence-electron chi connectivity index (χ4n) is 0.813. The van der Waals surface area contributed by atoms with Crippen LogP contribution in [0, 0.1) is 0 Å². The Labute approximate surface area is 84.1 Å². The van der Waals surface area contributed by atoms with Gasteiger partial charge in [-0.25, -0.2) is 8.78 Å². The molecule has 0 radical (unpaired) electrons. The van der Waals surface area contributed by atoms with E-state index in [0.717, 1.165) is 0 Å². The maximum absolute atomic E-state index is 11.9. The summed E-state index contributed by atoms with van der Waals surface area (Å²) in [5.74, 6) is -0.579. The normalized spacial score (nSPS) is 12.5. The molecular weight excluding hydrogens is 208 g/mol. The van der Waals surface area contributed by atoms with Gasteiger partial charge in [-0.3, -0.25) is 4.79 Å². The van der Waals surface area contributed by atoms with Crippen molar-refractivity contribution < 1.29 is 18.7 Å². The van der Waals surface area contributed by atoms with Crippen molar-refractivity contribution in [2.75, 3.05) is 6.54 Å². The number of aliphatic hydroxyl groups is 1. The van der Waals surface area contributed by atoms with Gasteiger partial charge in [0.05, 0.1) is 18.0 Å². The van der Waals surface area contributed by atoms with Gasteiger partial charge in [-0.05, 0) is 6.07 Å². The number of alkyl halides is 2. The third kappa shape index (κ3) is 3.55. The van der Waals surface area contributed by atoms with E-state index in [1.165, 1.54) is 18.5 Å². The van der Waals surface area contributed by atoms with Crippen molar-refractivity contribution >= 4 is 5.91 Å². The minimum atomic E-state index is -2.87. The predicted molar refractivity (Wildman–Crippen MR) is 46.4 cm³/mol. The van der Waals surface area contributed by atoms with Gasteiger partial charge in [0.25, 0.3) is 12.3 Å². The molecule has 82 valence electrons.